The largest absolute Gasteiger partial charge is 0.355 e. The van der Waals surface area contributed by atoms with E-state index in [1.807, 2.05) is 0 Å². The van der Waals surface area contributed by atoms with Crippen LogP contribution < -0.4 is 10.2 Å². The lowest BCUT2D eigenvalue weighted by Gasteiger charge is -2.30. The quantitative estimate of drug-likeness (QED) is 0.845. The molecule has 0 aromatic carbocycles. The van der Waals surface area contributed by atoms with Crippen molar-refractivity contribution < 1.29 is 0 Å². The van der Waals surface area contributed by atoms with Gasteiger partial charge in [0, 0.05) is 19.6 Å². The van der Waals surface area contributed by atoms with Crippen LogP contribution in [0.25, 0.3) is 0 Å². The summed E-state index contributed by atoms with van der Waals surface area (Å²) in [4.78, 5) is 6.95. The van der Waals surface area contributed by atoms with Crippen molar-refractivity contribution in [1.29, 1.82) is 0 Å². The maximum atomic E-state index is 4.63. The molecule has 0 amide bonds. The van der Waals surface area contributed by atoms with Gasteiger partial charge in [-0.2, -0.15) is 10.1 Å². The molecular formula is C17H27N5. The maximum absolute atomic E-state index is 4.63. The summed E-state index contributed by atoms with van der Waals surface area (Å²) in [5.74, 6) is 2.45. The maximum Gasteiger partial charge on any atom is 0.244 e. The molecule has 3 rings (SSSR count). The zero-order chi connectivity index (χ0) is 15.2. The Labute approximate surface area is 133 Å². The van der Waals surface area contributed by atoms with Gasteiger partial charge in [-0.1, -0.05) is 18.6 Å². The molecule has 1 saturated heterocycles. The third kappa shape index (κ3) is 4.18. The van der Waals surface area contributed by atoms with Crippen molar-refractivity contribution in [3.63, 3.8) is 0 Å². The summed E-state index contributed by atoms with van der Waals surface area (Å²) < 4.78 is 0. The molecule has 1 aliphatic carbocycles. The normalized spacial score (nSPS) is 19.9. The van der Waals surface area contributed by atoms with Crippen molar-refractivity contribution in [2.45, 2.75) is 51.9 Å². The minimum Gasteiger partial charge on any atom is -0.355 e. The van der Waals surface area contributed by atoms with Crippen LogP contribution in [0.15, 0.2) is 17.8 Å². The second-order valence-electron chi connectivity index (χ2n) is 6.59. The van der Waals surface area contributed by atoms with Gasteiger partial charge in [0.1, 0.15) is 0 Å². The second kappa shape index (κ2) is 7.56. The molecule has 0 unspecified atom stereocenters. The van der Waals surface area contributed by atoms with Gasteiger partial charge in [0.25, 0.3) is 0 Å². The van der Waals surface area contributed by atoms with Gasteiger partial charge in [-0.25, -0.2) is 0 Å². The molecule has 1 aliphatic heterocycles. The van der Waals surface area contributed by atoms with Gasteiger partial charge in [-0.15, -0.1) is 5.10 Å². The number of aromatic nitrogens is 3. The van der Waals surface area contributed by atoms with E-state index in [0.717, 1.165) is 37.8 Å². The van der Waals surface area contributed by atoms with Crippen LogP contribution in [0.3, 0.4) is 0 Å². The van der Waals surface area contributed by atoms with E-state index in [4.69, 9.17) is 0 Å². The third-order valence-corrected chi connectivity index (χ3v) is 4.77. The van der Waals surface area contributed by atoms with E-state index in [2.05, 4.69) is 38.4 Å². The van der Waals surface area contributed by atoms with Crippen molar-refractivity contribution in [1.82, 2.24) is 15.2 Å². The summed E-state index contributed by atoms with van der Waals surface area (Å²) in [5, 5.41) is 11.6. The number of nitrogens with one attached hydrogen (secondary N) is 1. The Morgan fingerprint density at radius 3 is 2.91 bits per heavy atom. The SMILES string of the molecule is CC1CCN(c2cnnc(NCCC3=CCCCC3)n2)CC1. The first-order valence-electron chi connectivity index (χ1n) is 8.68. The molecule has 22 heavy (non-hydrogen) atoms. The molecular weight excluding hydrogens is 274 g/mol. The first kappa shape index (κ1) is 15.3. The average Bonchev–Trinajstić information content (AvgIpc) is 2.57. The van der Waals surface area contributed by atoms with Gasteiger partial charge in [-0.05, 0) is 50.9 Å². The number of hydrogen-bond acceptors (Lipinski definition) is 5. The fraction of sp³-hybridized carbons (Fsp3) is 0.706. The van der Waals surface area contributed by atoms with Crippen LogP contribution in [0, 0.1) is 5.92 Å². The summed E-state index contributed by atoms with van der Waals surface area (Å²) in [6.45, 7) is 5.37. The minimum absolute atomic E-state index is 0.660. The number of piperidine rings is 1. The molecule has 1 N–H and O–H groups in total. The number of anilines is 2. The lowest BCUT2D eigenvalue weighted by atomic mass is 9.97. The fourth-order valence-electron chi connectivity index (χ4n) is 3.23. The predicted octanol–water partition coefficient (Wildman–Crippen LogP) is 3.41. The topological polar surface area (TPSA) is 53.9 Å². The third-order valence-electron chi connectivity index (χ3n) is 4.77. The molecule has 0 atom stereocenters. The molecule has 0 bridgehead atoms. The van der Waals surface area contributed by atoms with Crippen LogP contribution in [-0.4, -0.2) is 34.8 Å². The Morgan fingerprint density at radius 2 is 2.14 bits per heavy atom. The molecule has 0 spiro atoms. The van der Waals surface area contributed by atoms with Crippen LogP contribution >= 0.6 is 0 Å². The number of rotatable bonds is 5. The monoisotopic (exact) mass is 301 g/mol. The lowest BCUT2D eigenvalue weighted by molar-refractivity contribution is 0.436. The molecule has 1 aromatic rings. The van der Waals surface area contributed by atoms with Crippen LogP contribution in [0.5, 0.6) is 0 Å². The van der Waals surface area contributed by atoms with Gasteiger partial charge >= 0.3 is 0 Å². The number of allylic oxidation sites excluding steroid dienone is 1. The van der Waals surface area contributed by atoms with Gasteiger partial charge in [0.2, 0.25) is 5.95 Å². The molecule has 0 saturated carbocycles. The van der Waals surface area contributed by atoms with E-state index in [1.54, 1.807) is 11.8 Å². The second-order valence-corrected chi connectivity index (χ2v) is 6.59. The Bertz CT molecular complexity index is 506. The summed E-state index contributed by atoms with van der Waals surface area (Å²) in [7, 11) is 0. The molecule has 5 nitrogen and oxygen atoms in total. The average molecular weight is 301 g/mol. The van der Waals surface area contributed by atoms with Crippen molar-refractivity contribution in [3.8, 4) is 0 Å². The predicted molar refractivity (Wildman–Crippen MR) is 90.1 cm³/mol. The molecule has 1 fully saturated rings. The van der Waals surface area contributed by atoms with Gasteiger partial charge in [-0.3, -0.25) is 0 Å². The molecule has 120 valence electrons. The van der Waals surface area contributed by atoms with Gasteiger partial charge in [0.05, 0.1) is 6.20 Å². The summed E-state index contributed by atoms with van der Waals surface area (Å²) in [6, 6.07) is 0. The first-order chi connectivity index (χ1) is 10.8. The summed E-state index contributed by atoms with van der Waals surface area (Å²) in [6.07, 6.45) is 12.9. The highest BCUT2D eigenvalue weighted by molar-refractivity contribution is 5.40. The zero-order valence-corrected chi connectivity index (χ0v) is 13.6. The Hall–Kier alpha value is -1.65. The highest BCUT2D eigenvalue weighted by atomic mass is 15.3. The van der Waals surface area contributed by atoms with Crippen LogP contribution in [0.4, 0.5) is 11.8 Å². The Balaban J connectivity index is 1.51. The fourth-order valence-corrected chi connectivity index (χ4v) is 3.23. The Morgan fingerprint density at radius 1 is 1.27 bits per heavy atom. The standard InChI is InChI=1S/C17H27N5/c1-14-8-11-22(12-9-14)16-13-19-21-17(20-16)18-10-7-15-5-3-2-4-6-15/h5,13-14H,2-4,6-12H2,1H3,(H,18,20,21). The van der Waals surface area contributed by atoms with Gasteiger partial charge in [0.15, 0.2) is 5.82 Å². The molecule has 2 heterocycles. The molecule has 2 aliphatic rings. The van der Waals surface area contributed by atoms with E-state index >= 15 is 0 Å². The summed E-state index contributed by atoms with van der Waals surface area (Å²) in [5.41, 5.74) is 1.58. The van der Waals surface area contributed by atoms with Crippen molar-refractivity contribution in [2.75, 3.05) is 29.9 Å². The summed E-state index contributed by atoms with van der Waals surface area (Å²) >= 11 is 0. The molecule has 1 aromatic heterocycles. The van der Waals surface area contributed by atoms with E-state index in [9.17, 15) is 0 Å². The van der Waals surface area contributed by atoms with Crippen LogP contribution in [-0.2, 0) is 0 Å². The van der Waals surface area contributed by atoms with Crippen molar-refractivity contribution in [2.24, 2.45) is 5.92 Å². The van der Waals surface area contributed by atoms with E-state index in [1.165, 1.54) is 38.5 Å². The van der Waals surface area contributed by atoms with E-state index in [0.29, 0.717) is 5.95 Å². The van der Waals surface area contributed by atoms with Crippen molar-refractivity contribution in [3.05, 3.63) is 17.8 Å². The van der Waals surface area contributed by atoms with Crippen LogP contribution in [0.1, 0.15) is 51.9 Å². The zero-order valence-electron chi connectivity index (χ0n) is 13.6. The van der Waals surface area contributed by atoms with E-state index in [-0.39, 0.29) is 0 Å². The number of nitrogens with zero attached hydrogens (tertiary/aromatic N) is 4. The number of hydrogen-bond donors (Lipinski definition) is 1. The van der Waals surface area contributed by atoms with Crippen molar-refractivity contribution >= 4 is 11.8 Å². The highest BCUT2D eigenvalue weighted by Gasteiger charge is 2.17. The smallest absolute Gasteiger partial charge is 0.244 e. The van der Waals surface area contributed by atoms with Gasteiger partial charge < -0.3 is 10.2 Å². The molecule has 0 radical (unpaired) electrons. The minimum atomic E-state index is 0.660. The van der Waals surface area contributed by atoms with E-state index < -0.39 is 0 Å². The lowest BCUT2D eigenvalue weighted by Crippen LogP contribution is -2.33. The van der Waals surface area contributed by atoms with Crippen LogP contribution in [0.2, 0.25) is 0 Å². The Kier molecular flexibility index (Phi) is 5.24. The highest BCUT2D eigenvalue weighted by Crippen LogP contribution is 2.22. The molecule has 5 heteroatoms. The first-order valence-corrected chi connectivity index (χ1v) is 8.68.